The first kappa shape index (κ1) is 11.4. The monoisotopic (exact) mass is 245 g/mol. The molecule has 1 aromatic carbocycles. The molecule has 0 unspecified atom stereocenters. The van der Waals surface area contributed by atoms with E-state index in [1.165, 1.54) is 11.1 Å². The normalized spacial score (nSPS) is 15.1. The molecule has 5 heteroatoms. The fourth-order valence-corrected chi connectivity index (χ4v) is 1.92. The Bertz CT molecular complexity index is 426. The Hall–Kier alpha value is -1.10. The Morgan fingerprint density at radius 3 is 2.75 bits per heavy atom. The SMILES string of the molecule is FC(F)(F)CN1C=Cc2ccc(S)cc2C1. The van der Waals surface area contributed by atoms with Crippen LogP contribution in [0, 0.1) is 0 Å². The van der Waals surface area contributed by atoms with Crippen molar-refractivity contribution in [1.82, 2.24) is 4.90 Å². The molecule has 0 N–H and O–H groups in total. The lowest BCUT2D eigenvalue weighted by Crippen LogP contribution is -2.31. The molecular weight excluding hydrogens is 235 g/mol. The van der Waals surface area contributed by atoms with Crippen LogP contribution in [0.2, 0.25) is 0 Å². The van der Waals surface area contributed by atoms with Gasteiger partial charge in [0.25, 0.3) is 0 Å². The first-order valence-electron chi connectivity index (χ1n) is 4.75. The molecule has 0 aliphatic carbocycles. The predicted octanol–water partition coefficient (Wildman–Crippen LogP) is 3.32. The third kappa shape index (κ3) is 2.72. The summed E-state index contributed by atoms with van der Waals surface area (Å²) in [6, 6.07) is 5.48. The summed E-state index contributed by atoms with van der Waals surface area (Å²) in [5, 5.41) is 0. The van der Waals surface area contributed by atoms with E-state index in [0.29, 0.717) is 0 Å². The van der Waals surface area contributed by atoms with E-state index < -0.39 is 12.7 Å². The Balaban J connectivity index is 2.17. The van der Waals surface area contributed by atoms with Crippen LogP contribution >= 0.6 is 12.6 Å². The molecule has 0 fully saturated rings. The maximum absolute atomic E-state index is 12.2. The summed E-state index contributed by atoms with van der Waals surface area (Å²) < 4.78 is 36.6. The molecule has 86 valence electrons. The summed E-state index contributed by atoms with van der Waals surface area (Å²) in [4.78, 5) is 2.01. The zero-order valence-electron chi connectivity index (χ0n) is 8.33. The average Bonchev–Trinajstić information content (AvgIpc) is 2.14. The predicted molar refractivity (Wildman–Crippen MR) is 59.2 cm³/mol. The van der Waals surface area contributed by atoms with Gasteiger partial charge in [-0.3, -0.25) is 0 Å². The summed E-state index contributed by atoms with van der Waals surface area (Å²) in [5.74, 6) is 0. The van der Waals surface area contributed by atoms with Crippen LogP contribution in [-0.4, -0.2) is 17.6 Å². The Labute approximate surface area is 97.0 Å². The minimum Gasteiger partial charge on any atom is -0.364 e. The fraction of sp³-hybridized carbons (Fsp3) is 0.273. The molecule has 1 heterocycles. The van der Waals surface area contributed by atoms with E-state index in [1.54, 1.807) is 12.1 Å². The lowest BCUT2D eigenvalue weighted by molar-refractivity contribution is -0.141. The number of thiol groups is 1. The fourth-order valence-electron chi connectivity index (χ4n) is 1.69. The van der Waals surface area contributed by atoms with Gasteiger partial charge in [0.2, 0.25) is 0 Å². The van der Waals surface area contributed by atoms with E-state index in [2.05, 4.69) is 12.6 Å². The van der Waals surface area contributed by atoms with Crippen LogP contribution in [0.25, 0.3) is 6.08 Å². The van der Waals surface area contributed by atoms with Crippen molar-refractivity contribution in [2.75, 3.05) is 6.54 Å². The van der Waals surface area contributed by atoms with Crippen LogP contribution in [0.4, 0.5) is 13.2 Å². The van der Waals surface area contributed by atoms with E-state index >= 15 is 0 Å². The molecule has 1 aliphatic rings. The Kier molecular flexibility index (Phi) is 2.88. The molecule has 2 rings (SSSR count). The third-order valence-electron chi connectivity index (χ3n) is 2.35. The van der Waals surface area contributed by atoms with Gasteiger partial charge >= 0.3 is 6.18 Å². The van der Waals surface area contributed by atoms with E-state index in [0.717, 1.165) is 16.0 Å². The number of fused-ring (bicyclic) bond motifs is 1. The first-order valence-corrected chi connectivity index (χ1v) is 5.20. The van der Waals surface area contributed by atoms with E-state index in [9.17, 15) is 13.2 Å². The molecule has 0 atom stereocenters. The van der Waals surface area contributed by atoms with Crippen LogP contribution in [0.5, 0.6) is 0 Å². The quantitative estimate of drug-likeness (QED) is 0.743. The molecule has 0 saturated heterocycles. The van der Waals surface area contributed by atoms with Gasteiger partial charge in [-0.05, 0) is 29.3 Å². The summed E-state index contributed by atoms with van der Waals surface area (Å²) >= 11 is 4.17. The molecule has 0 amide bonds. The van der Waals surface area contributed by atoms with Crippen LogP contribution in [-0.2, 0) is 6.54 Å². The van der Waals surface area contributed by atoms with Gasteiger partial charge in [0.1, 0.15) is 6.54 Å². The molecule has 0 saturated carbocycles. The van der Waals surface area contributed by atoms with Gasteiger partial charge in [0.05, 0.1) is 0 Å². The molecule has 0 spiro atoms. The maximum atomic E-state index is 12.2. The highest BCUT2D eigenvalue weighted by Gasteiger charge is 2.30. The topological polar surface area (TPSA) is 3.24 Å². The highest BCUT2D eigenvalue weighted by Crippen LogP contribution is 2.25. The van der Waals surface area contributed by atoms with Gasteiger partial charge in [0.15, 0.2) is 0 Å². The van der Waals surface area contributed by atoms with Crippen molar-refractivity contribution in [3.8, 4) is 0 Å². The van der Waals surface area contributed by atoms with Gasteiger partial charge in [-0.15, -0.1) is 12.6 Å². The second kappa shape index (κ2) is 4.05. The van der Waals surface area contributed by atoms with Crippen molar-refractivity contribution in [1.29, 1.82) is 0 Å². The second-order valence-electron chi connectivity index (χ2n) is 3.72. The van der Waals surface area contributed by atoms with Gasteiger partial charge in [-0.25, -0.2) is 0 Å². The van der Waals surface area contributed by atoms with Crippen LogP contribution in [0.1, 0.15) is 11.1 Å². The molecule has 1 aliphatic heterocycles. The second-order valence-corrected chi connectivity index (χ2v) is 4.24. The molecule has 0 radical (unpaired) electrons. The minimum atomic E-state index is -4.17. The minimum absolute atomic E-state index is 0.278. The molecule has 1 nitrogen and oxygen atoms in total. The molecule has 0 aromatic heterocycles. The lowest BCUT2D eigenvalue weighted by Gasteiger charge is -2.26. The van der Waals surface area contributed by atoms with E-state index in [1.807, 2.05) is 12.1 Å². The van der Waals surface area contributed by atoms with Crippen LogP contribution in [0.3, 0.4) is 0 Å². The van der Waals surface area contributed by atoms with Crippen molar-refractivity contribution in [3.63, 3.8) is 0 Å². The molecule has 1 aromatic rings. The maximum Gasteiger partial charge on any atom is 0.405 e. The van der Waals surface area contributed by atoms with E-state index in [-0.39, 0.29) is 6.54 Å². The van der Waals surface area contributed by atoms with Crippen molar-refractivity contribution < 1.29 is 13.2 Å². The summed E-state index contributed by atoms with van der Waals surface area (Å²) in [7, 11) is 0. The van der Waals surface area contributed by atoms with Gasteiger partial charge < -0.3 is 4.90 Å². The van der Waals surface area contributed by atoms with Crippen molar-refractivity contribution in [2.45, 2.75) is 17.6 Å². The van der Waals surface area contributed by atoms with E-state index in [4.69, 9.17) is 0 Å². The van der Waals surface area contributed by atoms with Crippen molar-refractivity contribution in [2.24, 2.45) is 0 Å². The van der Waals surface area contributed by atoms with Gasteiger partial charge in [-0.2, -0.15) is 13.2 Å². The Morgan fingerprint density at radius 2 is 2.06 bits per heavy atom. The number of hydrogen-bond donors (Lipinski definition) is 1. The van der Waals surface area contributed by atoms with Crippen molar-refractivity contribution >= 4 is 18.7 Å². The van der Waals surface area contributed by atoms with Crippen LogP contribution < -0.4 is 0 Å². The summed E-state index contributed by atoms with van der Waals surface area (Å²) in [6.45, 7) is -0.639. The lowest BCUT2D eigenvalue weighted by atomic mass is 10.0. The highest BCUT2D eigenvalue weighted by molar-refractivity contribution is 7.80. The first-order chi connectivity index (χ1) is 7.44. The third-order valence-corrected chi connectivity index (χ3v) is 2.63. The summed E-state index contributed by atoms with van der Waals surface area (Å²) in [6.07, 6.45) is -0.994. The number of nitrogens with zero attached hydrogens (tertiary/aromatic N) is 1. The zero-order valence-corrected chi connectivity index (χ0v) is 9.22. The van der Waals surface area contributed by atoms with Crippen molar-refractivity contribution in [3.05, 3.63) is 35.5 Å². The Morgan fingerprint density at radius 1 is 1.31 bits per heavy atom. The number of alkyl halides is 3. The number of hydrogen-bond acceptors (Lipinski definition) is 2. The highest BCUT2D eigenvalue weighted by atomic mass is 32.1. The molecule has 16 heavy (non-hydrogen) atoms. The molecular formula is C11H10F3NS. The molecule has 0 bridgehead atoms. The average molecular weight is 245 g/mol. The number of benzene rings is 1. The smallest absolute Gasteiger partial charge is 0.364 e. The van der Waals surface area contributed by atoms with Gasteiger partial charge in [0, 0.05) is 17.6 Å². The largest absolute Gasteiger partial charge is 0.405 e. The zero-order chi connectivity index (χ0) is 11.8. The number of halogens is 3. The van der Waals surface area contributed by atoms with Crippen LogP contribution in [0.15, 0.2) is 29.3 Å². The van der Waals surface area contributed by atoms with Gasteiger partial charge in [-0.1, -0.05) is 6.07 Å². The standard InChI is InChI=1S/C11H10F3NS/c12-11(13,14)7-15-4-3-8-1-2-10(16)5-9(8)6-15/h1-5,16H,6-7H2. The number of rotatable bonds is 1. The summed E-state index contributed by atoms with van der Waals surface area (Å²) in [5.41, 5.74) is 1.83.